The molecule has 0 fully saturated rings. The van der Waals surface area contributed by atoms with Crippen LogP contribution in [0.3, 0.4) is 0 Å². The van der Waals surface area contributed by atoms with Crippen LogP contribution in [0.1, 0.15) is 19.1 Å². The van der Waals surface area contributed by atoms with Crippen molar-refractivity contribution in [2.75, 3.05) is 5.32 Å². The average molecular weight is 232 g/mol. The molecule has 2 aromatic rings. The van der Waals surface area contributed by atoms with Gasteiger partial charge in [-0.1, -0.05) is 6.92 Å². The van der Waals surface area contributed by atoms with E-state index in [1.54, 1.807) is 23.0 Å². The van der Waals surface area contributed by atoms with E-state index in [0.29, 0.717) is 6.54 Å². The molecule has 0 atom stereocenters. The molecule has 0 unspecified atom stereocenters. The van der Waals surface area contributed by atoms with Crippen molar-refractivity contribution in [3.8, 4) is 0 Å². The van der Waals surface area contributed by atoms with E-state index in [1.807, 2.05) is 18.3 Å². The van der Waals surface area contributed by atoms with Crippen LogP contribution in [0.5, 0.6) is 0 Å². The number of rotatable bonds is 5. The normalized spacial score (nSPS) is 10.4. The highest BCUT2D eigenvalue weighted by Gasteiger charge is 1.99. The van der Waals surface area contributed by atoms with Crippen LogP contribution in [0.4, 0.5) is 5.69 Å². The summed E-state index contributed by atoms with van der Waals surface area (Å²) in [5.74, 6) is 0.873. The Morgan fingerprint density at radius 3 is 2.94 bits per heavy atom. The smallest absolute Gasteiger partial charge is 0.250 e. The third-order valence-corrected chi connectivity index (χ3v) is 2.49. The van der Waals surface area contributed by atoms with Gasteiger partial charge in [0.2, 0.25) is 0 Å². The summed E-state index contributed by atoms with van der Waals surface area (Å²) in [6.45, 7) is 3.42. The summed E-state index contributed by atoms with van der Waals surface area (Å²) in [4.78, 5) is 11.5. The van der Waals surface area contributed by atoms with Crippen molar-refractivity contribution < 1.29 is 4.42 Å². The monoisotopic (exact) mass is 232 g/mol. The third kappa shape index (κ3) is 3.00. The Morgan fingerprint density at radius 1 is 1.35 bits per heavy atom. The van der Waals surface area contributed by atoms with Gasteiger partial charge in [0, 0.05) is 18.8 Å². The minimum atomic E-state index is 0.0374. The molecule has 90 valence electrons. The average Bonchev–Trinajstić information content (AvgIpc) is 2.83. The van der Waals surface area contributed by atoms with Gasteiger partial charge in [0.1, 0.15) is 5.76 Å². The summed E-state index contributed by atoms with van der Waals surface area (Å²) < 4.78 is 6.94. The van der Waals surface area contributed by atoms with Crippen molar-refractivity contribution in [2.24, 2.45) is 0 Å². The molecule has 0 amide bonds. The number of pyridine rings is 1. The lowest BCUT2D eigenvalue weighted by atomic mass is 10.3. The van der Waals surface area contributed by atoms with Gasteiger partial charge in [0.05, 0.1) is 18.5 Å². The van der Waals surface area contributed by atoms with E-state index >= 15 is 0 Å². The molecule has 1 N–H and O–H groups in total. The Bertz CT molecular complexity index is 514. The summed E-state index contributed by atoms with van der Waals surface area (Å²) in [5.41, 5.74) is 0.963. The molecular weight excluding hydrogens is 216 g/mol. The molecule has 0 saturated heterocycles. The van der Waals surface area contributed by atoms with Gasteiger partial charge >= 0.3 is 0 Å². The van der Waals surface area contributed by atoms with Crippen molar-refractivity contribution in [1.82, 2.24) is 4.57 Å². The molecule has 0 radical (unpaired) electrons. The Hall–Kier alpha value is -1.97. The van der Waals surface area contributed by atoms with Crippen LogP contribution in [0.15, 0.2) is 45.9 Å². The van der Waals surface area contributed by atoms with Crippen molar-refractivity contribution in [1.29, 1.82) is 0 Å². The first-order valence-corrected chi connectivity index (χ1v) is 5.76. The first kappa shape index (κ1) is 11.5. The van der Waals surface area contributed by atoms with E-state index in [1.165, 1.54) is 0 Å². The van der Waals surface area contributed by atoms with E-state index in [0.717, 1.165) is 24.4 Å². The van der Waals surface area contributed by atoms with Gasteiger partial charge < -0.3 is 14.3 Å². The standard InChI is InChI=1S/C13H16N2O2/c1-2-7-15-10-11(5-6-13(15)16)14-9-12-4-3-8-17-12/h3-6,8,10,14H,2,7,9H2,1H3. The van der Waals surface area contributed by atoms with Crippen LogP contribution in [-0.4, -0.2) is 4.57 Å². The predicted octanol–water partition coefficient (Wildman–Crippen LogP) is 2.46. The molecular formula is C13H16N2O2. The Morgan fingerprint density at radius 2 is 2.24 bits per heavy atom. The number of nitrogens with one attached hydrogen (secondary N) is 1. The second-order valence-electron chi connectivity index (χ2n) is 3.88. The fourth-order valence-corrected chi connectivity index (χ4v) is 1.65. The molecule has 4 nitrogen and oxygen atoms in total. The van der Waals surface area contributed by atoms with E-state index in [-0.39, 0.29) is 5.56 Å². The fourth-order valence-electron chi connectivity index (χ4n) is 1.65. The quantitative estimate of drug-likeness (QED) is 0.861. The van der Waals surface area contributed by atoms with Crippen LogP contribution < -0.4 is 10.9 Å². The minimum absolute atomic E-state index is 0.0374. The Labute approximate surface area is 99.9 Å². The van der Waals surface area contributed by atoms with Crippen molar-refractivity contribution in [3.05, 3.63) is 52.8 Å². The minimum Gasteiger partial charge on any atom is -0.467 e. The highest BCUT2D eigenvalue weighted by Crippen LogP contribution is 2.07. The maximum Gasteiger partial charge on any atom is 0.250 e. The van der Waals surface area contributed by atoms with Crippen LogP contribution in [0.25, 0.3) is 0 Å². The zero-order valence-corrected chi connectivity index (χ0v) is 9.85. The second-order valence-corrected chi connectivity index (χ2v) is 3.88. The summed E-state index contributed by atoms with van der Waals surface area (Å²) >= 11 is 0. The summed E-state index contributed by atoms with van der Waals surface area (Å²) in [6, 6.07) is 7.14. The highest BCUT2D eigenvalue weighted by molar-refractivity contribution is 5.40. The van der Waals surface area contributed by atoms with Gasteiger partial charge in [-0.25, -0.2) is 0 Å². The Balaban J connectivity index is 2.06. The molecule has 2 aromatic heterocycles. The van der Waals surface area contributed by atoms with Crippen molar-refractivity contribution >= 4 is 5.69 Å². The van der Waals surface area contributed by atoms with E-state index in [9.17, 15) is 4.79 Å². The number of nitrogens with zero attached hydrogens (tertiary/aromatic N) is 1. The van der Waals surface area contributed by atoms with Crippen LogP contribution in [0.2, 0.25) is 0 Å². The van der Waals surface area contributed by atoms with Crippen LogP contribution in [-0.2, 0) is 13.1 Å². The lowest BCUT2D eigenvalue weighted by Crippen LogP contribution is -2.18. The topological polar surface area (TPSA) is 47.2 Å². The molecule has 0 aliphatic carbocycles. The first-order chi connectivity index (χ1) is 8.29. The molecule has 2 heterocycles. The number of hydrogen-bond acceptors (Lipinski definition) is 3. The number of aryl methyl sites for hydroxylation is 1. The van der Waals surface area contributed by atoms with Crippen LogP contribution in [0, 0.1) is 0 Å². The number of hydrogen-bond donors (Lipinski definition) is 1. The van der Waals surface area contributed by atoms with Crippen LogP contribution >= 0.6 is 0 Å². The molecule has 0 spiro atoms. The maximum absolute atomic E-state index is 11.5. The fraction of sp³-hybridized carbons (Fsp3) is 0.308. The number of aromatic nitrogens is 1. The van der Waals surface area contributed by atoms with Gasteiger partial charge in [0.25, 0.3) is 5.56 Å². The lowest BCUT2D eigenvalue weighted by Gasteiger charge is -2.08. The molecule has 0 aliphatic heterocycles. The van der Waals surface area contributed by atoms with Gasteiger partial charge in [-0.2, -0.15) is 0 Å². The number of furan rings is 1. The maximum atomic E-state index is 11.5. The largest absolute Gasteiger partial charge is 0.467 e. The SMILES string of the molecule is CCCn1cc(NCc2ccco2)ccc1=O. The predicted molar refractivity (Wildman–Crippen MR) is 67.0 cm³/mol. The van der Waals surface area contributed by atoms with Gasteiger partial charge in [-0.3, -0.25) is 4.79 Å². The molecule has 4 heteroatoms. The van der Waals surface area contributed by atoms with Crippen molar-refractivity contribution in [3.63, 3.8) is 0 Å². The molecule has 0 aromatic carbocycles. The summed E-state index contributed by atoms with van der Waals surface area (Å²) in [7, 11) is 0. The first-order valence-electron chi connectivity index (χ1n) is 5.76. The van der Waals surface area contributed by atoms with E-state index in [2.05, 4.69) is 12.2 Å². The van der Waals surface area contributed by atoms with E-state index in [4.69, 9.17) is 4.42 Å². The summed E-state index contributed by atoms with van der Waals surface area (Å²) in [6.07, 6.45) is 4.44. The molecule has 17 heavy (non-hydrogen) atoms. The Kier molecular flexibility index (Phi) is 3.65. The molecule has 0 aliphatic rings. The number of anilines is 1. The highest BCUT2D eigenvalue weighted by atomic mass is 16.3. The molecule has 0 saturated carbocycles. The zero-order chi connectivity index (χ0) is 12.1. The van der Waals surface area contributed by atoms with E-state index < -0.39 is 0 Å². The second kappa shape index (κ2) is 5.39. The van der Waals surface area contributed by atoms with Gasteiger partial charge in [-0.15, -0.1) is 0 Å². The summed E-state index contributed by atoms with van der Waals surface area (Å²) in [5, 5.41) is 3.22. The van der Waals surface area contributed by atoms with Crippen molar-refractivity contribution in [2.45, 2.75) is 26.4 Å². The molecule has 2 rings (SSSR count). The van der Waals surface area contributed by atoms with Gasteiger partial charge in [0.15, 0.2) is 0 Å². The zero-order valence-electron chi connectivity index (χ0n) is 9.85. The third-order valence-electron chi connectivity index (χ3n) is 2.49. The lowest BCUT2D eigenvalue weighted by molar-refractivity contribution is 0.518. The molecule has 0 bridgehead atoms. The van der Waals surface area contributed by atoms with Gasteiger partial charge in [-0.05, 0) is 24.6 Å².